The molecule has 0 spiro atoms. The van der Waals surface area contributed by atoms with Crippen molar-refractivity contribution in [1.82, 2.24) is 0 Å². The predicted octanol–water partition coefficient (Wildman–Crippen LogP) is 1.42. The van der Waals surface area contributed by atoms with Crippen LogP contribution in [0.5, 0.6) is 23.0 Å². The number of rotatable bonds is 6. The largest absolute Gasteiger partial charge is 0.507 e. The second-order valence-corrected chi connectivity index (χ2v) is 12.5. The minimum absolute atomic E-state index is 0.0244. The van der Waals surface area contributed by atoms with Crippen LogP contribution in [0, 0.1) is 0 Å². The van der Waals surface area contributed by atoms with E-state index in [1.54, 1.807) is 36.4 Å². The van der Waals surface area contributed by atoms with Crippen LogP contribution in [0.3, 0.4) is 0 Å². The molecule has 1 aromatic heterocycles. The highest BCUT2D eigenvalue weighted by Crippen LogP contribution is 2.43. The van der Waals surface area contributed by atoms with Crippen molar-refractivity contribution >= 4 is 17.0 Å². The average Bonchev–Trinajstić information content (AvgIpc) is 3.03. The highest BCUT2D eigenvalue weighted by molar-refractivity contribution is 5.95. The lowest BCUT2D eigenvalue weighted by molar-refractivity contribution is -0.352. The van der Waals surface area contributed by atoms with Gasteiger partial charge in [-0.2, -0.15) is 0 Å². The Bertz CT molecular complexity index is 1720. The number of benzene rings is 2. The highest BCUT2D eigenvalue weighted by Gasteiger charge is 2.50. The maximum atomic E-state index is 14.3. The van der Waals surface area contributed by atoms with Crippen LogP contribution < -0.4 is 19.6 Å². The molecule has 0 amide bonds. The second kappa shape index (κ2) is 12.4. The zero-order valence-corrected chi connectivity index (χ0v) is 26.3. The van der Waals surface area contributed by atoms with Gasteiger partial charge < -0.3 is 63.5 Å². The SMILES string of the molecule is COc1ccc(-c2oc3c4c(cc(O)c3c(=O)c2OC2OC(C)C(O)C(O)C2OC2OC(C)C(O)C(O)C2O)OC(C)(C)C=C4)cc1. The van der Waals surface area contributed by atoms with Crippen molar-refractivity contribution in [1.29, 1.82) is 0 Å². The molecule has 0 saturated carbocycles. The van der Waals surface area contributed by atoms with Crippen LogP contribution in [0.4, 0.5) is 0 Å². The third-order valence-electron chi connectivity index (χ3n) is 8.60. The standard InChI is InChI=1S/C33H38O14/c1-13-21(35)24(38)26(40)31(42-13)46-30-25(39)22(36)14(2)43-32(30)45-29-23(37)20-18(34)12-19-17(10-11-33(3,4)47-19)28(20)44-27(29)15-6-8-16(41-5)9-7-15/h6-14,21-22,24-26,30-32,34-36,38-40H,1-5H3. The Morgan fingerprint density at radius 2 is 1.49 bits per heavy atom. The fourth-order valence-corrected chi connectivity index (χ4v) is 5.85. The van der Waals surface area contributed by atoms with E-state index >= 15 is 0 Å². The lowest BCUT2D eigenvalue weighted by Gasteiger charge is -2.45. The number of phenolic OH excluding ortho intramolecular Hbond substituents is 1. The van der Waals surface area contributed by atoms with Crippen LogP contribution in [0.1, 0.15) is 33.3 Å². The Morgan fingerprint density at radius 1 is 0.851 bits per heavy atom. The van der Waals surface area contributed by atoms with E-state index < -0.39 is 83.9 Å². The number of fused-ring (bicyclic) bond motifs is 3. The van der Waals surface area contributed by atoms with Crippen LogP contribution >= 0.6 is 0 Å². The Labute approximate surface area is 268 Å². The molecule has 0 aliphatic carbocycles. The molecule has 14 heteroatoms. The minimum Gasteiger partial charge on any atom is -0.507 e. The molecule has 2 fully saturated rings. The summed E-state index contributed by atoms with van der Waals surface area (Å²) in [7, 11) is 1.50. The van der Waals surface area contributed by atoms with Crippen LogP contribution in [-0.2, 0) is 14.2 Å². The smallest absolute Gasteiger partial charge is 0.239 e. The quantitative estimate of drug-likeness (QED) is 0.222. The molecule has 3 aliphatic heterocycles. The van der Waals surface area contributed by atoms with Gasteiger partial charge in [0, 0.05) is 11.6 Å². The van der Waals surface area contributed by atoms with Crippen LogP contribution in [-0.4, -0.2) is 105 Å². The fourth-order valence-electron chi connectivity index (χ4n) is 5.85. The van der Waals surface area contributed by atoms with Gasteiger partial charge in [0.1, 0.15) is 58.8 Å². The Hall–Kier alpha value is -3.73. The van der Waals surface area contributed by atoms with Gasteiger partial charge in [-0.25, -0.2) is 0 Å². The van der Waals surface area contributed by atoms with E-state index in [9.17, 15) is 35.4 Å². The maximum absolute atomic E-state index is 14.3. The summed E-state index contributed by atoms with van der Waals surface area (Å²) in [6.07, 6.45) is -11.3. The van der Waals surface area contributed by atoms with Crippen molar-refractivity contribution in [3.05, 3.63) is 52.2 Å². The maximum Gasteiger partial charge on any atom is 0.239 e. The van der Waals surface area contributed by atoms with Gasteiger partial charge >= 0.3 is 0 Å². The number of aliphatic hydroxyl groups is 5. The summed E-state index contributed by atoms with van der Waals surface area (Å²) in [5.74, 6) is -0.125. The zero-order valence-electron chi connectivity index (χ0n) is 26.3. The first-order chi connectivity index (χ1) is 22.2. The van der Waals surface area contributed by atoms with Crippen molar-refractivity contribution in [3.63, 3.8) is 0 Å². The lowest BCUT2D eigenvalue weighted by atomic mass is 9.98. The van der Waals surface area contributed by atoms with Crippen molar-refractivity contribution in [2.45, 2.75) is 94.7 Å². The highest BCUT2D eigenvalue weighted by atomic mass is 16.8. The Morgan fingerprint density at radius 3 is 2.15 bits per heavy atom. The normalized spacial score (nSPS) is 33.2. The Balaban J connectivity index is 1.48. The molecule has 0 bridgehead atoms. The summed E-state index contributed by atoms with van der Waals surface area (Å²) < 4.78 is 41.1. The van der Waals surface area contributed by atoms with E-state index in [4.69, 9.17) is 32.8 Å². The molecule has 6 N–H and O–H groups in total. The van der Waals surface area contributed by atoms with Crippen molar-refractivity contribution in [3.8, 4) is 34.3 Å². The van der Waals surface area contributed by atoms with Crippen LogP contribution in [0.15, 0.2) is 45.6 Å². The molecule has 0 radical (unpaired) electrons. The third-order valence-corrected chi connectivity index (χ3v) is 8.60. The molecule has 10 atom stereocenters. The van der Waals surface area contributed by atoms with Gasteiger partial charge in [0.2, 0.25) is 17.5 Å². The molecule has 6 rings (SSSR count). The number of hydrogen-bond donors (Lipinski definition) is 6. The fraction of sp³-hybridized carbons (Fsp3) is 0.485. The molecule has 14 nitrogen and oxygen atoms in total. The lowest BCUT2D eigenvalue weighted by Crippen LogP contribution is -2.63. The molecule has 10 unspecified atom stereocenters. The summed E-state index contributed by atoms with van der Waals surface area (Å²) >= 11 is 0. The first kappa shape index (κ1) is 33.2. The van der Waals surface area contributed by atoms with Gasteiger partial charge in [0.05, 0.1) is 24.9 Å². The van der Waals surface area contributed by atoms with E-state index in [2.05, 4.69) is 0 Å². The zero-order chi connectivity index (χ0) is 33.9. The van der Waals surface area contributed by atoms with Gasteiger partial charge in [-0.05, 0) is 64.1 Å². The summed E-state index contributed by atoms with van der Waals surface area (Å²) in [4.78, 5) is 14.3. The second-order valence-electron chi connectivity index (χ2n) is 12.5. The van der Waals surface area contributed by atoms with E-state index in [0.29, 0.717) is 22.6 Å². The molecule has 254 valence electrons. The van der Waals surface area contributed by atoms with Crippen LogP contribution in [0.2, 0.25) is 0 Å². The van der Waals surface area contributed by atoms with E-state index in [-0.39, 0.29) is 16.7 Å². The monoisotopic (exact) mass is 658 g/mol. The molecule has 2 aromatic carbocycles. The summed E-state index contributed by atoms with van der Waals surface area (Å²) in [5.41, 5.74) is -0.677. The van der Waals surface area contributed by atoms with E-state index in [1.165, 1.54) is 27.0 Å². The first-order valence-corrected chi connectivity index (χ1v) is 15.1. The Kier molecular flexibility index (Phi) is 8.74. The molecular weight excluding hydrogens is 620 g/mol. The van der Waals surface area contributed by atoms with Crippen molar-refractivity contribution in [2.75, 3.05) is 7.11 Å². The topological polar surface area (TPSA) is 207 Å². The average molecular weight is 659 g/mol. The summed E-state index contributed by atoms with van der Waals surface area (Å²) in [6, 6.07) is 7.83. The van der Waals surface area contributed by atoms with Crippen molar-refractivity contribution in [2.24, 2.45) is 0 Å². The molecule has 2 saturated heterocycles. The first-order valence-electron chi connectivity index (χ1n) is 15.1. The number of aromatic hydroxyl groups is 1. The van der Waals surface area contributed by atoms with Gasteiger partial charge in [-0.1, -0.05) is 0 Å². The molecule has 47 heavy (non-hydrogen) atoms. The number of hydrogen-bond acceptors (Lipinski definition) is 14. The number of aliphatic hydroxyl groups excluding tert-OH is 5. The van der Waals surface area contributed by atoms with Gasteiger partial charge in [0.15, 0.2) is 23.7 Å². The molecule has 3 aliphatic rings. The molecule has 3 aromatic rings. The number of phenols is 1. The predicted molar refractivity (Wildman–Crippen MR) is 164 cm³/mol. The van der Waals surface area contributed by atoms with Crippen molar-refractivity contribution < 1.29 is 63.5 Å². The molecular formula is C33H38O14. The van der Waals surface area contributed by atoms with Gasteiger partial charge in [0.25, 0.3) is 0 Å². The third kappa shape index (κ3) is 5.96. The minimum atomic E-state index is -1.76. The number of methoxy groups -OCH3 is 1. The van der Waals surface area contributed by atoms with Crippen LogP contribution in [0.25, 0.3) is 28.4 Å². The van der Waals surface area contributed by atoms with E-state index in [0.717, 1.165) is 0 Å². The number of ether oxygens (including phenoxy) is 6. The molecule has 4 heterocycles. The van der Waals surface area contributed by atoms with Gasteiger partial charge in [-0.3, -0.25) is 4.79 Å². The van der Waals surface area contributed by atoms with E-state index in [1.807, 2.05) is 13.8 Å². The summed E-state index contributed by atoms with van der Waals surface area (Å²) in [5, 5.41) is 63.6. The summed E-state index contributed by atoms with van der Waals surface area (Å²) in [6.45, 7) is 6.58. The van der Waals surface area contributed by atoms with Gasteiger partial charge in [-0.15, -0.1) is 0 Å².